The second-order valence-corrected chi connectivity index (χ2v) is 19.4. The molecule has 0 amide bonds. The molecule has 6 heteroatoms. The van der Waals surface area contributed by atoms with Crippen LogP contribution >= 0.6 is 24.8 Å². The number of rotatable bonds is 6. The molecular formula is C24H48Cl2Si3Zr-4. The molecule has 0 aliphatic heterocycles. The van der Waals surface area contributed by atoms with Gasteiger partial charge in [-0.1, -0.05) is 78.8 Å². The average Bonchev–Trinajstić information content (AvgIpc) is 3.19. The molecule has 0 saturated heterocycles. The third kappa shape index (κ3) is 16.7. The Morgan fingerprint density at radius 1 is 0.733 bits per heavy atom. The molecule has 0 spiro atoms. The quantitative estimate of drug-likeness (QED) is 0.218. The molecule has 0 bridgehead atoms. The van der Waals surface area contributed by atoms with Gasteiger partial charge < -0.3 is 14.9 Å². The molecule has 0 N–H and O–H groups in total. The van der Waals surface area contributed by atoms with E-state index in [2.05, 4.69) is 77.4 Å². The number of allylic oxidation sites excluding steroid dienone is 8. The average molecular weight is 583 g/mol. The van der Waals surface area contributed by atoms with Gasteiger partial charge in [0, 0.05) is 0 Å². The van der Waals surface area contributed by atoms with E-state index in [-0.39, 0.29) is 39.7 Å². The Morgan fingerprint density at radius 3 is 1.17 bits per heavy atom. The van der Waals surface area contributed by atoms with Crippen molar-refractivity contribution in [3.05, 3.63) is 60.7 Å². The fourth-order valence-electron chi connectivity index (χ4n) is 2.87. The van der Waals surface area contributed by atoms with Gasteiger partial charge in [0.25, 0.3) is 0 Å². The van der Waals surface area contributed by atoms with E-state index < -0.39 is 16.1 Å². The van der Waals surface area contributed by atoms with Crippen molar-refractivity contribution in [3.63, 3.8) is 0 Å². The zero-order valence-corrected chi connectivity index (χ0v) is 28.9. The molecule has 178 valence electrons. The Morgan fingerprint density at radius 2 is 1.00 bits per heavy atom. The first-order valence-corrected chi connectivity index (χ1v) is 23.0. The van der Waals surface area contributed by atoms with Crippen LogP contribution in [0.3, 0.4) is 0 Å². The van der Waals surface area contributed by atoms with E-state index >= 15 is 0 Å². The third-order valence-corrected chi connectivity index (χ3v) is 9.17. The molecule has 0 radical (unpaired) electrons. The van der Waals surface area contributed by atoms with Gasteiger partial charge in [0.05, 0.1) is 16.1 Å². The second kappa shape index (κ2) is 20.7. The van der Waals surface area contributed by atoms with Gasteiger partial charge in [-0.2, -0.15) is 10.4 Å². The van der Waals surface area contributed by atoms with E-state index in [1.54, 1.807) is 33.7 Å². The first-order chi connectivity index (χ1) is 12.1. The number of hydrogen-bond donors (Lipinski definition) is 0. The zero-order chi connectivity index (χ0) is 20.4. The predicted octanol–water partition coefficient (Wildman–Crippen LogP) is 8.27. The van der Waals surface area contributed by atoms with Crippen LogP contribution in [-0.2, 0) is 23.3 Å². The van der Waals surface area contributed by atoms with Gasteiger partial charge in [0.15, 0.2) is 0 Å². The standard InChI is InChI=1S/2C11H19Si.2CH3.2ClH.H2Si.Zr/c2*1-5-6-10-7-8-11(9-10)12(2,3)4;;;;;;/h2*9H,5-6,8H2,1-4H3;2*1H3;2*1H;1H2;/q4*-1;;;;. The van der Waals surface area contributed by atoms with E-state index in [1.165, 1.54) is 36.8 Å². The van der Waals surface area contributed by atoms with E-state index in [0.717, 1.165) is 12.8 Å². The summed E-state index contributed by atoms with van der Waals surface area (Å²) in [6.45, 7) is 20.9. The summed E-state index contributed by atoms with van der Waals surface area (Å²) in [6, 6.07) is 0. The molecule has 0 unspecified atom stereocenters. The normalized spacial score (nSPS) is 14.2. The van der Waals surface area contributed by atoms with Gasteiger partial charge in [-0.3, -0.25) is 12.2 Å². The summed E-state index contributed by atoms with van der Waals surface area (Å²) in [5.41, 5.74) is 2.91. The van der Waals surface area contributed by atoms with Crippen molar-refractivity contribution in [2.45, 2.75) is 91.7 Å². The molecule has 2 aliphatic carbocycles. The monoisotopic (exact) mass is 580 g/mol. The molecule has 0 aromatic rings. The van der Waals surface area contributed by atoms with Crippen molar-refractivity contribution >= 4 is 47.8 Å². The van der Waals surface area contributed by atoms with Gasteiger partial charge in [-0.15, -0.1) is 37.7 Å². The van der Waals surface area contributed by atoms with Crippen LogP contribution in [0.1, 0.15) is 52.4 Å². The van der Waals surface area contributed by atoms with E-state index in [4.69, 9.17) is 0 Å². The van der Waals surface area contributed by atoms with Crippen LogP contribution in [0.25, 0.3) is 0 Å². The summed E-state index contributed by atoms with van der Waals surface area (Å²) in [7, 11) is -2.03. The van der Waals surface area contributed by atoms with Crippen molar-refractivity contribution in [1.29, 1.82) is 0 Å². The van der Waals surface area contributed by atoms with Crippen molar-refractivity contribution < 1.29 is 23.3 Å². The van der Waals surface area contributed by atoms with Gasteiger partial charge in [-0.05, 0) is 0 Å². The Labute approximate surface area is 222 Å². The molecule has 0 saturated carbocycles. The molecular weight excluding hydrogens is 535 g/mol. The first kappa shape index (κ1) is 41.3. The minimum absolute atomic E-state index is 0. The fourth-order valence-corrected chi connectivity index (χ4v) is 5.32. The van der Waals surface area contributed by atoms with E-state index in [9.17, 15) is 0 Å². The van der Waals surface area contributed by atoms with Crippen molar-refractivity contribution in [3.8, 4) is 0 Å². The summed E-state index contributed by atoms with van der Waals surface area (Å²) in [5, 5.41) is 3.34. The molecule has 30 heavy (non-hydrogen) atoms. The van der Waals surface area contributed by atoms with Crippen molar-refractivity contribution in [1.82, 2.24) is 0 Å². The Bertz CT molecular complexity index is 516. The summed E-state index contributed by atoms with van der Waals surface area (Å²) in [4.78, 5) is 0. The minimum atomic E-state index is -1.02. The molecule has 0 atom stereocenters. The Balaban J connectivity index is -0.000000114. The maximum atomic E-state index is 3.47. The van der Waals surface area contributed by atoms with Gasteiger partial charge >= 0.3 is 30.2 Å². The summed E-state index contributed by atoms with van der Waals surface area (Å²) < 4.78 is 0. The summed E-state index contributed by atoms with van der Waals surface area (Å²) in [6.07, 6.45) is 18.9. The zero-order valence-electron chi connectivity index (χ0n) is 21.4. The molecule has 0 nitrogen and oxygen atoms in total. The van der Waals surface area contributed by atoms with Gasteiger partial charge in [-0.25, -0.2) is 23.3 Å². The van der Waals surface area contributed by atoms with Gasteiger partial charge in [0.1, 0.15) is 0 Å². The Kier molecular flexibility index (Phi) is 28.5. The predicted molar refractivity (Wildman–Crippen MR) is 151 cm³/mol. The van der Waals surface area contributed by atoms with Crippen molar-refractivity contribution in [2.75, 3.05) is 0 Å². The molecule has 2 rings (SSSR count). The van der Waals surface area contributed by atoms with Crippen LogP contribution in [0.4, 0.5) is 0 Å². The van der Waals surface area contributed by atoms with Gasteiger partial charge in [0.2, 0.25) is 0 Å². The van der Waals surface area contributed by atoms with E-state index in [1.807, 2.05) is 6.88 Å². The van der Waals surface area contributed by atoms with Crippen LogP contribution in [0.5, 0.6) is 0 Å². The van der Waals surface area contributed by atoms with Crippen LogP contribution in [-0.4, -0.2) is 23.0 Å². The SMILES string of the molecule is CCCC1=[C-]CC([Si](C)(C)C)=C1.CCCC1=[C-]CC([Si](C)(C)C)=C1.Cl.Cl.[CH3-].[CH3-].[SiH2]=[Zr]. The molecule has 2 aliphatic rings. The second-order valence-electron chi connectivity index (χ2n) is 9.10. The van der Waals surface area contributed by atoms with Crippen LogP contribution in [0.15, 0.2) is 33.7 Å². The van der Waals surface area contributed by atoms with Crippen LogP contribution in [0.2, 0.25) is 39.3 Å². The van der Waals surface area contributed by atoms with Crippen LogP contribution in [0, 0.1) is 27.0 Å². The molecule has 0 fully saturated rings. The molecule has 0 aromatic heterocycles. The number of hydrogen-bond acceptors (Lipinski definition) is 0. The van der Waals surface area contributed by atoms with Crippen molar-refractivity contribution in [2.24, 2.45) is 0 Å². The summed E-state index contributed by atoms with van der Waals surface area (Å²) >= 11 is 1.58. The third-order valence-electron chi connectivity index (χ3n) is 4.67. The maximum absolute atomic E-state index is 3.47. The van der Waals surface area contributed by atoms with Crippen LogP contribution < -0.4 is 0 Å². The number of halogens is 2. The fraction of sp³-hybridized carbons (Fsp3) is 0.583. The molecule has 0 heterocycles. The Hall–Kier alpha value is 1.07. The topological polar surface area (TPSA) is 0 Å². The summed E-state index contributed by atoms with van der Waals surface area (Å²) in [5.74, 6) is 0. The van der Waals surface area contributed by atoms with E-state index in [0.29, 0.717) is 0 Å². The molecule has 0 aromatic carbocycles. The first-order valence-electron chi connectivity index (χ1n) is 10.0.